The van der Waals surface area contributed by atoms with E-state index >= 15 is 0 Å². The lowest BCUT2D eigenvalue weighted by Gasteiger charge is -1.93. The van der Waals surface area contributed by atoms with E-state index in [1.165, 1.54) is 11.3 Å². The van der Waals surface area contributed by atoms with Gasteiger partial charge < -0.3 is 4.74 Å². The van der Waals surface area contributed by atoms with Gasteiger partial charge in [0.2, 0.25) is 0 Å². The van der Waals surface area contributed by atoms with Crippen molar-refractivity contribution in [1.82, 2.24) is 0 Å². The zero-order valence-corrected chi connectivity index (χ0v) is 8.95. The first-order valence-electron chi connectivity index (χ1n) is 3.92. The molecule has 2 rings (SSSR count). The zero-order valence-electron chi connectivity index (χ0n) is 7.37. The molecule has 0 aliphatic carbocycles. The van der Waals surface area contributed by atoms with Crippen molar-refractivity contribution in [3.05, 3.63) is 28.8 Å². The number of fused-ring (bicyclic) bond motifs is 1. The van der Waals surface area contributed by atoms with Gasteiger partial charge in [-0.3, -0.25) is 0 Å². The molecule has 70 valence electrons. The first kappa shape index (κ1) is 9.32. The van der Waals surface area contributed by atoms with E-state index in [2.05, 4.69) is 6.07 Å². The van der Waals surface area contributed by atoms with Crippen LogP contribution < -0.4 is 4.74 Å². The van der Waals surface area contributed by atoms with Crippen LogP contribution in [0, 0.1) is 11.3 Å². The molecular weight excluding hydrogens is 218 g/mol. The summed E-state index contributed by atoms with van der Waals surface area (Å²) in [6.07, 6.45) is 0. The Hall–Kier alpha value is -1.24. The molecule has 0 aliphatic heterocycles. The number of hydrogen-bond acceptors (Lipinski definition) is 3. The summed E-state index contributed by atoms with van der Waals surface area (Å²) in [5, 5.41) is 11.2. The molecule has 0 bridgehead atoms. The van der Waals surface area contributed by atoms with Crippen molar-refractivity contribution >= 4 is 33.0 Å². The Kier molecular flexibility index (Phi) is 2.32. The Morgan fingerprint density at radius 2 is 2.21 bits per heavy atom. The molecule has 0 unspecified atom stereocenters. The molecule has 0 saturated heterocycles. The Morgan fingerprint density at radius 3 is 2.86 bits per heavy atom. The predicted molar refractivity (Wildman–Crippen MR) is 58.1 cm³/mol. The third-order valence-corrected chi connectivity index (χ3v) is 3.16. The Morgan fingerprint density at radius 1 is 1.43 bits per heavy atom. The lowest BCUT2D eigenvalue weighted by molar-refractivity contribution is 0.427. The zero-order chi connectivity index (χ0) is 10.1. The third-order valence-electron chi connectivity index (χ3n) is 1.90. The molecule has 0 N–H and O–H groups in total. The highest BCUT2D eigenvalue weighted by Gasteiger charge is 2.07. The summed E-state index contributed by atoms with van der Waals surface area (Å²) in [5.41, 5.74) is 0.590. The second-order valence-corrected chi connectivity index (χ2v) is 4.23. The molecule has 0 spiro atoms. The maximum Gasteiger partial charge on any atom is 0.174 e. The Labute approximate surface area is 90.3 Å². The van der Waals surface area contributed by atoms with Crippen molar-refractivity contribution < 1.29 is 4.74 Å². The smallest absolute Gasteiger partial charge is 0.174 e. The second kappa shape index (κ2) is 3.49. The summed E-state index contributed by atoms with van der Waals surface area (Å²) < 4.78 is 6.08. The molecule has 0 fully saturated rings. The van der Waals surface area contributed by atoms with E-state index in [1.807, 2.05) is 12.1 Å². The molecule has 1 aromatic carbocycles. The van der Waals surface area contributed by atoms with Crippen molar-refractivity contribution in [1.29, 1.82) is 5.26 Å². The minimum absolute atomic E-state index is 0.582. The highest BCUT2D eigenvalue weighted by molar-refractivity contribution is 7.20. The van der Waals surface area contributed by atoms with Gasteiger partial charge in [-0.05, 0) is 12.1 Å². The lowest BCUT2D eigenvalue weighted by Crippen LogP contribution is -1.76. The molecule has 2 nitrogen and oxygen atoms in total. The van der Waals surface area contributed by atoms with Crippen LogP contribution in [0.5, 0.6) is 5.06 Å². The minimum atomic E-state index is 0.582. The standard InChI is InChI=1S/C10H6ClNOS/c1-13-10-4-8-6(5-12)2-7(11)3-9(8)14-10/h2-4H,1H3. The van der Waals surface area contributed by atoms with Gasteiger partial charge in [0.1, 0.15) is 0 Å². The molecule has 1 aromatic heterocycles. The van der Waals surface area contributed by atoms with Crippen molar-refractivity contribution in [3.63, 3.8) is 0 Å². The summed E-state index contributed by atoms with van der Waals surface area (Å²) in [5.74, 6) is 0. The SMILES string of the molecule is COc1cc2c(C#N)cc(Cl)cc2s1. The average molecular weight is 224 g/mol. The van der Waals surface area contributed by atoms with Crippen LogP contribution in [0.2, 0.25) is 5.02 Å². The molecule has 2 aromatic rings. The van der Waals surface area contributed by atoms with Gasteiger partial charge in [0.05, 0.1) is 18.7 Å². The molecule has 0 atom stereocenters. The second-order valence-electron chi connectivity index (χ2n) is 2.75. The Balaban J connectivity index is 2.79. The molecule has 0 radical (unpaired) electrons. The van der Waals surface area contributed by atoms with E-state index in [9.17, 15) is 0 Å². The van der Waals surface area contributed by atoms with Gasteiger partial charge in [-0.25, -0.2) is 0 Å². The Bertz CT molecular complexity index is 527. The number of ether oxygens (including phenoxy) is 1. The summed E-state index contributed by atoms with van der Waals surface area (Å²) in [6.45, 7) is 0. The van der Waals surface area contributed by atoms with Crippen LogP contribution in [0.1, 0.15) is 5.56 Å². The van der Waals surface area contributed by atoms with E-state index in [0.29, 0.717) is 10.6 Å². The maximum atomic E-state index is 8.90. The van der Waals surface area contributed by atoms with Crippen LogP contribution in [-0.2, 0) is 0 Å². The predicted octanol–water partition coefficient (Wildman–Crippen LogP) is 3.43. The molecule has 0 saturated carbocycles. The number of benzene rings is 1. The average Bonchev–Trinajstić information content (AvgIpc) is 2.59. The van der Waals surface area contributed by atoms with Crippen LogP contribution in [0.15, 0.2) is 18.2 Å². The number of hydrogen-bond donors (Lipinski definition) is 0. The van der Waals surface area contributed by atoms with Crippen LogP contribution in [0.25, 0.3) is 10.1 Å². The maximum absolute atomic E-state index is 8.90. The van der Waals surface area contributed by atoms with E-state index in [0.717, 1.165) is 15.1 Å². The van der Waals surface area contributed by atoms with Crippen LogP contribution in [0.4, 0.5) is 0 Å². The first-order valence-corrected chi connectivity index (χ1v) is 5.11. The molecule has 4 heteroatoms. The number of rotatable bonds is 1. The van der Waals surface area contributed by atoms with Gasteiger partial charge >= 0.3 is 0 Å². The van der Waals surface area contributed by atoms with Crippen molar-refractivity contribution in [2.75, 3.05) is 7.11 Å². The van der Waals surface area contributed by atoms with Gasteiger partial charge in [0, 0.05) is 21.2 Å². The van der Waals surface area contributed by atoms with Gasteiger partial charge in [-0.2, -0.15) is 5.26 Å². The van der Waals surface area contributed by atoms with Gasteiger partial charge in [-0.15, -0.1) is 0 Å². The van der Waals surface area contributed by atoms with E-state index < -0.39 is 0 Å². The number of nitriles is 1. The first-order chi connectivity index (χ1) is 6.74. The van der Waals surface area contributed by atoms with E-state index in [1.54, 1.807) is 13.2 Å². The largest absolute Gasteiger partial charge is 0.487 e. The highest BCUT2D eigenvalue weighted by Crippen LogP contribution is 2.35. The molecule has 14 heavy (non-hydrogen) atoms. The molecule has 1 heterocycles. The fourth-order valence-corrected chi connectivity index (χ4v) is 2.50. The van der Waals surface area contributed by atoms with Crippen LogP contribution in [0.3, 0.4) is 0 Å². The normalized spacial score (nSPS) is 10.1. The van der Waals surface area contributed by atoms with Gasteiger partial charge in [-0.1, -0.05) is 22.9 Å². The van der Waals surface area contributed by atoms with Crippen molar-refractivity contribution in [2.45, 2.75) is 0 Å². The monoisotopic (exact) mass is 223 g/mol. The summed E-state index contributed by atoms with van der Waals surface area (Å²) in [4.78, 5) is 0. The number of halogens is 1. The number of thiophene rings is 1. The topological polar surface area (TPSA) is 33.0 Å². The van der Waals surface area contributed by atoms with Crippen LogP contribution in [-0.4, -0.2) is 7.11 Å². The summed E-state index contributed by atoms with van der Waals surface area (Å²) >= 11 is 7.35. The number of methoxy groups -OCH3 is 1. The number of nitrogens with zero attached hydrogens (tertiary/aromatic N) is 1. The van der Waals surface area contributed by atoms with Crippen LogP contribution >= 0.6 is 22.9 Å². The quantitative estimate of drug-likeness (QED) is 0.742. The highest BCUT2D eigenvalue weighted by atomic mass is 35.5. The summed E-state index contributed by atoms with van der Waals surface area (Å²) in [7, 11) is 1.61. The fourth-order valence-electron chi connectivity index (χ4n) is 1.28. The molecule has 0 aliphatic rings. The third kappa shape index (κ3) is 1.43. The van der Waals surface area contributed by atoms with Gasteiger partial charge in [0.25, 0.3) is 0 Å². The van der Waals surface area contributed by atoms with Crippen molar-refractivity contribution in [2.24, 2.45) is 0 Å². The van der Waals surface area contributed by atoms with Gasteiger partial charge in [0.15, 0.2) is 5.06 Å². The summed E-state index contributed by atoms with van der Waals surface area (Å²) in [6, 6.07) is 7.47. The van der Waals surface area contributed by atoms with E-state index in [-0.39, 0.29) is 0 Å². The fraction of sp³-hybridized carbons (Fsp3) is 0.100. The minimum Gasteiger partial charge on any atom is -0.487 e. The lowest BCUT2D eigenvalue weighted by atomic mass is 10.1. The van der Waals surface area contributed by atoms with Crippen molar-refractivity contribution in [3.8, 4) is 11.1 Å². The van der Waals surface area contributed by atoms with E-state index in [4.69, 9.17) is 21.6 Å². The molecular formula is C10H6ClNOS. The molecule has 0 amide bonds.